The average Bonchev–Trinajstić information content (AvgIpc) is 3.17. The van der Waals surface area contributed by atoms with E-state index in [0.29, 0.717) is 22.8 Å². The Kier molecular flexibility index (Phi) is 25.1. The molecule has 0 saturated carbocycles. The Balaban J connectivity index is 0.000000944. The van der Waals surface area contributed by atoms with Crippen LogP contribution in [0.5, 0.6) is 0 Å². The molecular formula is C25H31F4N11O16. The maximum Gasteiger partial charge on any atom is 0.410 e. The van der Waals surface area contributed by atoms with E-state index < -0.39 is 107 Å². The smallest absolute Gasteiger partial charge is 0.410 e. The maximum atomic E-state index is 12.2. The average molecular weight is 818 g/mol. The van der Waals surface area contributed by atoms with E-state index in [0.717, 1.165) is 16.7 Å². The molecule has 31 heteroatoms. The predicted molar refractivity (Wildman–Crippen MR) is 169 cm³/mol. The van der Waals surface area contributed by atoms with Crippen molar-refractivity contribution in [3.05, 3.63) is 62.9 Å². The number of hydrogen-bond acceptors (Lipinski definition) is 19. The second-order valence-electron chi connectivity index (χ2n) is 8.94. The van der Waals surface area contributed by atoms with Crippen molar-refractivity contribution in [3.8, 4) is 0 Å². The fourth-order valence-corrected chi connectivity index (χ4v) is 3.40. The highest BCUT2D eigenvalue weighted by atomic mass is 19.3. The summed E-state index contributed by atoms with van der Waals surface area (Å²) in [6, 6.07) is 0. The number of isocyanates is 3. The summed E-state index contributed by atoms with van der Waals surface area (Å²) >= 11 is 0. The Morgan fingerprint density at radius 2 is 1.00 bits per heavy atom. The molecule has 56 heavy (non-hydrogen) atoms. The molecule has 2 N–H and O–H groups in total. The first-order chi connectivity index (χ1) is 26.9. The van der Waals surface area contributed by atoms with Crippen LogP contribution in [0.15, 0.2) is 43.7 Å². The molecule has 27 nitrogen and oxygen atoms in total. The quantitative estimate of drug-likeness (QED) is 0.0427. The molecule has 0 unspecified atom stereocenters. The molecule has 0 saturated heterocycles. The van der Waals surface area contributed by atoms with Gasteiger partial charge in [0.05, 0.1) is 13.2 Å². The van der Waals surface area contributed by atoms with Gasteiger partial charge < -0.3 is 29.6 Å². The lowest BCUT2D eigenvalue weighted by atomic mass is 10.6. The summed E-state index contributed by atoms with van der Waals surface area (Å²) in [5.74, 6) is 0. The van der Waals surface area contributed by atoms with Gasteiger partial charge in [-0.3, -0.25) is 0 Å². The molecule has 0 spiro atoms. The minimum atomic E-state index is -1.44. The van der Waals surface area contributed by atoms with Crippen molar-refractivity contribution in [2.75, 3.05) is 47.0 Å². The molecule has 0 radical (unpaired) electrons. The van der Waals surface area contributed by atoms with Crippen molar-refractivity contribution < 1.29 is 65.6 Å². The van der Waals surface area contributed by atoms with Gasteiger partial charge in [-0.1, -0.05) is 0 Å². The van der Waals surface area contributed by atoms with Crippen molar-refractivity contribution in [1.82, 2.24) is 38.0 Å². The first kappa shape index (κ1) is 49.1. The van der Waals surface area contributed by atoms with Crippen LogP contribution in [-0.2, 0) is 78.2 Å². The van der Waals surface area contributed by atoms with Gasteiger partial charge in [-0.15, -0.1) is 0 Å². The van der Waals surface area contributed by atoms with Gasteiger partial charge in [-0.2, -0.15) is 19.9 Å². The molecule has 2 rings (SSSR count). The van der Waals surface area contributed by atoms with Crippen LogP contribution in [0.3, 0.4) is 0 Å². The Hall–Kier alpha value is -6.90. The lowest BCUT2D eigenvalue weighted by Crippen LogP contribution is -2.55. The highest BCUT2D eigenvalue weighted by molar-refractivity contribution is 5.66. The molecule has 0 aliphatic carbocycles. The molecule has 2 aromatic rings. The predicted octanol–water partition coefficient (Wildman–Crippen LogP) is -3.69. The molecular weight excluding hydrogens is 786 g/mol. The van der Waals surface area contributed by atoms with Gasteiger partial charge in [0.1, 0.15) is 46.6 Å². The van der Waals surface area contributed by atoms with Crippen molar-refractivity contribution in [2.45, 2.75) is 46.8 Å². The van der Waals surface area contributed by atoms with E-state index in [2.05, 4.69) is 44.2 Å². The van der Waals surface area contributed by atoms with Gasteiger partial charge in [-0.25, -0.2) is 93.3 Å². The van der Waals surface area contributed by atoms with Crippen LogP contribution >= 0.6 is 0 Å². The highest BCUT2D eigenvalue weighted by Gasteiger charge is 2.17. The number of halogens is 4. The SMILES string of the molecule is CCn1c(=O)n(CN=C=O)c(=O)n(CNC(=O)OCCOCOF)c1=O.FCCOCF.O=C=NCn1c(=O)n(CN=C=O)c(=O)n(CNC(=O)OCF)c1=O. The van der Waals surface area contributed by atoms with Gasteiger partial charge >= 0.3 is 46.3 Å². The van der Waals surface area contributed by atoms with Gasteiger partial charge in [-0.05, 0) is 11.4 Å². The van der Waals surface area contributed by atoms with Crippen molar-refractivity contribution in [2.24, 2.45) is 15.0 Å². The fourth-order valence-electron chi connectivity index (χ4n) is 3.40. The molecule has 0 fully saturated rings. The van der Waals surface area contributed by atoms with E-state index in [1.807, 2.05) is 5.32 Å². The van der Waals surface area contributed by atoms with Crippen LogP contribution in [0.4, 0.5) is 27.3 Å². The molecule has 2 heterocycles. The van der Waals surface area contributed by atoms with E-state index in [1.54, 1.807) is 0 Å². The minimum Gasteiger partial charge on any atom is -0.447 e. The lowest BCUT2D eigenvalue weighted by Gasteiger charge is -2.12. The zero-order valence-electron chi connectivity index (χ0n) is 28.8. The Morgan fingerprint density at radius 1 is 0.589 bits per heavy atom. The van der Waals surface area contributed by atoms with Gasteiger partial charge in [0, 0.05) is 6.54 Å². The lowest BCUT2D eigenvalue weighted by molar-refractivity contribution is -0.213. The molecule has 0 aliphatic rings. The van der Waals surface area contributed by atoms with Crippen LogP contribution in [0.1, 0.15) is 6.92 Å². The highest BCUT2D eigenvalue weighted by Crippen LogP contribution is 1.84. The number of rotatable bonds is 20. The van der Waals surface area contributed by atoms with Crippen LogP contribution in [0.2, 0.25) is 0 Å². The van der Waals surface area contributed by atoms with E-state index in [4.69, 9.17) is 0 Å². The van der Waals surface area contributed by atoms with Crippen molar-refractivity contribution in [3.63, 3.8) is 0 Å². The number of nitrogens with zero attached hydrogens (tertiary/aromatic N) is 9. The van der Waals surface area contributed by atoms with Gasteiger partial charge in [0.15, 0.2) is 13.7 Å². The molecule has 0 bridgehead atoms. The maximum absolute atomic E-state index is 12.2. The van der Waals surface area contributed by atoms with E-state index in [-0.39, 0.29) is 26.4 Å². The number of carbonyl (C=O) groups excluding carboxylic acids is 5. The molecule has 0 aliphatic heterocycles. The third-order valence-electron chi connectivity index (χ3n) is 5.75. The van der Waals surface area contributed by atoms with Crippen LogP contribution in [-0.4, -0.2) is 105 Å². The van der Waals surface area contributed by atoms with Gasteiger partial charge in [0.2, 0.25) is 25.1 Å². The number of alkyl carbamates (subject to hydrolysis) is 2. The summed E-state index contributed by atoms with van der Waals surface area (Å²) in [5.41, 5.74) is -6.64. The van der Waals surface area contributed by atoms with Crippen LogP contribution < -0.4 is 44.8 Å². The summed E-state index contributed by atoms with van der Waals surface area (Å²) in [4.78, 5) is 138. The molecule has 0 aromatic carbocycles. The number of carbonyl (C=O) groups is 2. The first-order valence-corrected chi connectivity index (χ1v) is 14.7. The zero-order chi connectivity index (χ0) is 42.5. The molecule has 2 aromatic heterocycles. The molecule has 0 atom stereocenters. The standard InChI is InChI=1S/C12H16FN5O8.C10H9FN6O7.C3H6F2O/c1-2-16-10(21)17(5-14-7-19)12(23)18(11(16)22)6-15-9(20)25-4-3-24-8-26-13;11-1-24-7(20)14-4-17-9(22)15(2-12-5-18)8(21)16(10(17)23)3-13-6-19;4-1-2-6-3-5/h2-6,8H2,1H3,(H,15,20);1-4H2,(H,14,20);1-3H2. The third-order valence-corrected chi connectivity index (χ3v) is 5.75. The third kappa shape index (κ3) is 16.4. The summed E-state index contributed by atoms with van der Waals surface area (Å²) in [6.07, 6.45) is 1.10. The molecule has 2 amide bonds. The number of nitrogens with one attached hydrogen (secondary N) is 2. The number of aliphatic imine (C=N–C) groups is 3. The number of hydrogen-bond donors (Lipinski definition) is 2. The van der Waals surface area contributed by atoms with Gasteiger partial charge in [0.25, 0.3) is 0 Å². The Labute approximate surface area is 306 Å². The minimum absolute atomic E-state index is 0.0544. The summed E-state index contributed by atoms with van der Waals surface area (Å²) in [6.45, 7) is -6.16. The second-order valence-corrected chi connectivity index (χ2v) is 8.94. The van der Waals surface area contributed by atoms with Crippen molar-refractivity contribution >= 4 is 30.4 Å². The topological polar surface area (TPSA) is 325 Å². The number of alkyl halides is 3. The van der Waals surface area contributed by atoms with Crippen molar-refractivity contribution in [1.29, 1.82) is 0 Å². The normalized spacial score (nSPS) is 9.80. The van der Waals surface area contributed by atoms with E-state index in [9.17, 15) is 70.4 Å². The summed E-state index contributed by atoms with van der Waals surface area (Å²) in [5, 5.41) is 4.01. The fraction of sp³-hybridized carbons (Fsp3) is 0.560. The van der Waals surface area contributed by atoms with Crippen LogP contribution in [0, 0.1) is 0 Å². The summed E-state index contributed by atoms with van der Waals surface area (Å²) in [7, 11) is 0. The zero-order valence-corrected chi connectivity index (χ0v) is 28.8. The number of aromatic nitrogens is 6. The van der Waals surface area contributed by atoms with E-state index >= 15 is 0 Å². The first-order valence-electron chi connectivity index (χ1n) is 14.7. The largest absolute Gasteiger partial charge is 0.447 e. The second kappa shape index (κ2) is 28.6. The van der Waals surface area contributed by atoms with E-state index in [1.165, 1.54) is 13.0 Å². The Morgan fingerprint density at radius 3 is 1.36 bits per heavy atom. The number of amides is 2. The molecule has 310 valence electrons. The number of ether oxygens (including phenoxy) is 4. The monoisotopic (exact) mass is 817 g/mol. The Bertz CT molecular complexity index is 2030. The summed E-state index contributed by atoms with van der Waals surface area (Å²) < 4.78 is 64.7. The van der Waals surface area contributed by atoms with Crippen LogP contribution in [0.25, 0.3) is 0 Å².